The monoisotopic (exact) mass is 166 g/mol. The zero-order chi connectivity index (χ0) is 8.81. The Hall–Kier alpha value is -1.24. The largest absolute Gasteiger partial charge is 0.472 e. The van der Waals surface area contributed by atoms with E-state index in [1.165, 1.54) is 12.5 Å². The first-order valence-corrected chi connectivity index (χ1v) is 3.59. The van der Waals surface area contributed by atoms with E-state index in [0.29, 0.717) is 0 Å². The molecule has 64 valence electrons. The summed E-state index contributed by atoms with van der Waals surface area (Å²) in [7, 11) is 0. The van der Waals surface area contributed by atoms with Crippen LogP contribution in [0.5, 0.6) is 0 Å². The third kappa shape index (κ3) is 2.12. The van der Waals surface area contributed by atoms with Gasteiger partial charge in [-0.15, -0.1) is 6.42 Å². The van der Waals surface area contributed by atoms with Crippen molar-refractivity contribution >= 4 is 0 Å². The minimum atomic E-state index is -0.420. The third-order valence-corrected chi connectivity index (χ3v) is 1.37. The molecule has 0 spiro atoms. The number of terminal acetylenes is 1. The van der Waals surface area contributed by atoms with Crippen molar-refractivity contribution in [2.45, 2.75) is 6.10 Å². The standard InChI is InChI=1S/C9H10O3/c1-2-9(12-6-4-10)8-3-5-11-7-8/h1,3,5,7,9-10H,4,6H2. The lowest BCUT2D eigenvalue weighted by atomic mass is 10.2. The van der Waals surface area contributed by atoms with Crippen LogP contribution in [0.2, 0.25) is 0 Å². The minimum absolute atomic E-state index is 0.0317. The predicted octanol–water partition coefficient (Wildman–Crippen LogP) is 0.963. The van der Waals surface area contributed by atoms with Gasteiger partial charge in [-0.1, -0.05) is 5.92 Å². The second-order valence-electron chi connectivity index (χ2n) is 2.20. The van der Waals surface area contributed by atoms with Gasteiger partial charge >= 0.3 is 0 Å². The number of aliphatic hydroxyl groups is 1. The quantitative estimate of drug-likeness (QED) is 0.677. The van der Waals surface area contributed by atoms with Crippen LogP contribution in [0.15, 0.2) is 23.0 Å². The van der Waals surface area contributed by atoms with Gasteiger partial charge in [0.1, 0.15) is 6.10 Å². The number of ether oxygens (including phenoxy) is 1. The Balaban J connectivity index is 2.53. The molecule has 0 saturated heterocycles. The van der Waals surface area contributed by atoms with Gasteiger partial charge < -0.3 is 14.3 Å². The van der Waals surface area contributed by atoms with Crippen LogP contribution in [-0.2, 0) is 4.74 Å². The normalized spacial score (nSPS) is 12.3. The fourth-order valence-electron chi connectivity index (χ4n) is 0.835. The lowest BCUT2D eigenvalue weighted by Crippen LogP contribution is -2.04. The summed E-state index contributed by atoms with van der Waals surface area (Å²) in [6.07, 6.45) is 7.85. The third-order valence-electron chi connectivity index (χ3n) is 1.37. The number of hydrogen-bond donors (Lipinski definition) is 1. The molecule has 3 nitrogen and oxygen atoms in total. The van der Waals surface area contributed by atoms with Gasteiger partial charge in [-0.3, -0.25) is 0 Å². The second kappa shape index (κ2) is 4.60. The molecule has 0 amide bonds. The highest BCUT2D eigenvalue weighted by atomic mass is 16.5. The molecule has 0 aliphatic rings. The molecule has 0 bridgehead atoms. The molecule has 1 aromatic rings. The molecule has 12 heavy (non-hydrogen) atoms. The molecule has 0 saturated carbocycles. The van der Waals surface area contributed by atoms with Gasteiger partial charge in [0.2, 0.25) is 0 Å². The fourth-order valence-corrected chi connectivity index (χ4v) is 0.835. The van der Waals surface area contributed by atoms with Crippen molar-refractivity contribution in [1.29, 1.82) is 0 Å². The van der Waals surface area contributed by atoms with Crippen LogP contribution < -0.4 is 0 Å². The summed E-state index contributed by atoms with van der Waals surface area (Å²) < 4.78 is 9.98. The SMILES string of the molecule is C#CC(OCCO)c1ccoc1. The number of rotatable bonds is 4. The molecule has 1 unspecified atom stereocenters. The Morgan fingerprint density at radius 1 is 1.75 bits per heavy atom. The molecule has 1 heterocycles. The zero-order valence-corrected chi connectivity index (χ0v) is 6.56. The van der Waals surface area contributed by atoms with Crippen LogP contribution in [-0.4, -0.2) is 18.3 Å². The van der Waals surface area contributed by atoms with Gasteiger partial charge in [0.15, 0.2) is 0 Å². The number of aliphatic hydroxyl groups excluding tert-OH is 1. The van der Waals surface area contributed by atoms with Crippen LogP contribution in [0.3, 0.4) is 0 Å². The van der Waals surface area contributed by atoms with E-state index in [4.69, 9.17) is 20.7 Å². The number of hydrogen-bond acceptors (Lipinski definition) is 3. The molecular weight excluding hydrogens is 156 g/mol. The van der Waals surface area contributed by atoms with Crippen LogP contribution in [0.4, 0.5) is 0 Å². The molecule has 0 aromatic carbocycles. The van der Waals surface area contributed by atoms with Gasteiger partial charge in [0.25, 0.3) is 0 Å². The van der Waals surface area contributed by atoms with E-state index in [9.17, 15) is 0 Å². The Labute approximate surface area is 71.0 Å². The van der Waals surface area contributed by atoms with E-state index in [2.05, 4.69) is 5.92 Å². The first-order valence-electron chi connectivity index (χ1n) is 3.59. The minimum Gasteiger partial charge on any atom is -0.472 e. The maximum absolute atomic E-state index is 8.49. The highest BCUT2D eigenvalue weighted by Crippen LogP contribution is 2.15. The molecule has 3 heteroatoms. The van der Waals surface area contributed by atoms with Crippen molar-refractivity contribution in [1.82, 2.24) is 0 Å². The first-order chi connectivity index (χ1) is 5.88. The Bertz CT molecular complexity index is 245. The van der Waals surface area contributed by atoms with E-state index < -0.39 is 6.10 Å². The molecule has 0 aliphatic heterocycles. The molecular formula is C9H10O3. The lowest BCUT2D eigenvalue weighted by Gasteiger charge is -2.07. The van der Waals surface area contributed by atoms with Gasteiger partial charge in [0, 0.05) is 5.56 Å². The van der Waals surface area contributed by atoms with Crippen molar-refractivity contribution in [2.75, 3.05) is 13.2 Å². The van der Waals surface area contributed by atoms with Gasteiger partial charge in [-0.2, -0.15) is 0 Å². The average Bonchev–Trinajstić information content (AvgIpc) is 2.59. The van der Waals surface area contributed by atoms with E-state index >= 15 is 0 Å². The topological polar surface area (TPSA) is 42.6 Å². The smallest absolute Gasteiger partial charge is 0.146 e. The molecule has 0 radical (unpaired) electrons. The van der Waals surface area contributed by atoms with E-state index in [0.717, 1.165) is 5.56 Å². The Kier molecular flexibility index (Phi) is 3.39. The average molecular weight is 166 g/mol. The van der Waals surface area contributed by atoms with Crippen molar-refractivity contribution in [3.8, 4) is 12.3 Å². The predicted molar refractivity (Wildman–Crippen MR) is 43.3 cm³/mol. The molecule has 1 rings (SSSR count). The lowest BCUT2D eigenvalue weighted by molar-refractivity contribution is 0.0590. The highest BCUT2D eigenvalue weighted by molar-refractivity contribution is 5.18. The second-order valence-corrected chi connectivity index (χ2v) is 2.20. The van der Waals surface area contributed by atoms with Crippen molar-refractivity contribution < 1.29 is 14.3 Å². The summed E-state index contributed by atoms with van der Waals surface area (Å²) in [6, 6.07) is 1.74. The Morgan fingerprint density at radius 3 is 3.08 bits per heavy atom. The van der Waals surface area contributed by atoms with Crippen molar-refractivity contribution in [3.63, 3.8) is 0 Å². The fraction of sp³-hybridized carbons (Fsp3) is 0.333. The van der Waals surface area contributed by atoms with Crippen molar-refractivity contribution in [2.24, 2.45) is 0 Å². The molecule has 1 aromatic heterocycles. The van der Waals surface area contributed by atoms with Crippen LogP contribution >= 0.6 is 0 Å². The molecule has 1 N–H and O–H groups in total. The maximum atomic E-state index is 8.49. The van der Waals surface area contributed by atoms with E-state index in [-0.39, 0.29) is 13.2 Å². The maximum Gasteiger partial charge on any atom is 0.146 e. The summed E-state index contributed by atoms with van der Waals surface area (Å²) in [4.78, 5) is 0. The first kappa shape index (κ1) is 8.85. The summed E-state index contributed by atoms with van der Waals surface area (Å²) in [6.45, 7) is 0.204. The highest BCUT2D eigenvalue weighted by Gasteiger charge is 2.08. The van der Waals surface area contributed by atoms with Crippen molar-refractivity contribution in [3.05, 3.63) is 24.2 Å². The van der Waals surface area contributed by atoms with Crippen LogP contribution in [0.25, 0.3) is 0 Å². The van der Waals surface area contributed by atoms with E-state index in [1.54, 1.807) is 6.07 Å². The molecule has 1 atom stereocenters. The van der Waals surface area contributed by atoms with Gasteiger partial charge in [-0.25, -0.2) is 0 Å². The number of furan rings is 1. The van der Waals surface area contributed by atoms with Crippen LogP contribution in [0.1, 0.15) is 11.7 Å². The summed E-state index contributed by atoms with van der Waals surface area (Å²) in [5.41, 5.74) is 0.797. The summed E-state index contributed by atoms with van der Waals surface area (Å²) in [5.74, 6) is 2.45. The summed E-state index contributed by atoms with van der Waals surface area (Å²) >= 11 is 0. The van der Waals surface area contributed by atoms with Gasteiger partial charge in [-0.05, 0) is 6.07 Å². The molecule has 0 fully saturated rings. The van der Waals surface area contributed by atoms with Crippen LogP contribution in [0, 0.1) is 12.3 Å². The van der Waals surface area contributed by atoms with Gasteiger partial charge in [0.05, 0.1) is 25.7 Å². The molecule has 0 aliphatic carbocycles. The Morgan fingerprint density at radius 2 is 2.58 bits per heavy atom. The van der Waals surface area contributed by atoms with E-state index in [1.807, 2.05) is 0 Å². The zero-order valence-electron chi connectivity index (χ0n) is 6.56. The summed E-state index contributed by atoms with van der Waals surface area (Å²) in [5, 5.41) is 8.49.